The van der Waals surface area contributed by atoms with Crippen molar-refractivity contribution < 1.29 is 0 Å². The topological polar surface area (TPSA) is 207 Å². The van der Waals surface area contributed by atoms with Crippen LogP contribution >= 0.6 is 0 Å². The molecule has 0 fully saturated rings. The first-order valence-electron chi connectivity index (χ1n) is 7.86. The number of nitrogen functional groups attached to an aromatic ring is 4. The van der Waals surface area contributed by atoms with Crippen molar-refractivity contribution in [1.82, 2.24) is 39.9 Å². The van der Waals surface area contributed by atoms with Gasteiger partial charge in [0.15, 0.2) is 11.6 Å². The van der Waals surface area contributed by atoms with Gasteiger partial charge in [0.2, 0.25) is 23.8 Å². The average molecular weight is 376 g/mol. The molecule has 0 aliphatic carbocycles. The van der Waals surface area contributed by atoms with E-state index in [1.807, 2.05) is 12.1 Å². The summed E-state index contributed by atoms with van der Waals surface area (Å²) >= 11 is 0. The van der Waals surface area contributed by atoms with Crippen LogP contribution in [0.15, 0.2) is 49.1 Å². The summed E-state index contributed by atoms with van der Waals surface area (Å²) in [4.78, 5) is 31.0. The van der Waals surface area contributed by atoms with Gasteiger partial charge in [-0.3, -0.25) is 9.97 Å². The number of nitrogens with two attached hydrogens (primary N) is 4. The SMILES string of the molecule is Nc1nc(N)nc(-c2cccnc2)n1.Nc1nc(N)nc(-c2cccnc2)n1. The Morgan fingerprint density at radius 1 is 0.500 bits per heavy atom. The van der Waals surface area contributed by atoms with Crippen LogP contribution in [0.4, 0.5) is 23.8 Å². The molecule has 0 aliphatic rings. The van der Waals surface area contributed by atoms with Crippen molar-refractivity contribution in [3.8, 4) is 22.8 Å². The van der Waals surface area contributed by atoms with Crippen LogP contribution in [0, 0.1) is 0 Å². The third-order valence-corrected chi connectivity index (χ3v) is 3.18. The molecule has 0 aliphatic heterocycles. The molecule has 0 atom stereocenters. The number of pyridine rings is 2. The molecule has 12 nitrogen and oxygen atoms in total. The molecule has 4 heterocycles. The molecule has 0 saturated carbocycles. The van der Waals surface area contributed by atoms with E-state index >= 15 is 0 Å². The molecule has 0 saturated heterocycles. The Hall–Kier alpha value is -4.48. The fourth-order valence-corrected chi connectivity index (χ4v) is 2.07. The van der Waals surface area contributed by atoms with Crippen molar-refractivity contribution in [2.45, 2.75) is 0 Å². The summed E-state index contributed by atoms with van der Waals surface area (Å²) in [5.41, 5.74) is 23.3. The molecule has 0 amide bonds. The second-order valence-corrected chi connectivity index (χ2v) is 5.23. The number of hydrogen-bond donors (Lipinski definition) is 4. The quantitative estimate of drug-likeness (QED) is 0.370. The molecule has 140 valence electrons. The minimum atomic E-state index is 0.108. The van der Waals surface area contributed by atoms with Crippen LogP contribution in [0.2, 0.25) is 0 Å². The minimum Gasteiger partial charge on any atom is -0.368 e. The summed E-state index contributed by atoms with van der Waals surface area (Å²) in [7, 11) is 0. The number of rotatable bonds is 2. The highest BCUT2D eigenvalue weighted by atomic mass is 15.1. The van der Waals surface area contributed by atoms with Crippen molar-refractivity contribution in [2.24, 2.45) is 0 Å². The molecule has 0 aromatic carbocycles. The molecule has 28 heavy (non-hydrogen) atoms. The maximum Gasteiger partial charge on any atom is 0.225 e. The standard InChI is InChI=1S/2C8H8N6/c2*9-7-12-6(13-8(10)14-7)5-2-1-3-11-4-5/h2*1-4H,(H4,9,10,12,13,14). The highest BCUT2D eigenvalue weighted by Crippen LogP contribution is 2.14. The van der Waals surface area contributed by atoms with E-state index in [4.69, 9.17) is 22.9 Å². The van der Waals surface area contributed by atoms with Gasteiger partial charge in [-0.1, -0.05) is 0 Å². The monoisotopic (exact) mass is 376 g/mol. The Morgan fingerprint density at radius 2 is 0.857 bits per heavy atom. The van der Waals surface area contributed by atoms with E-state index in [0.29, 0.717) is 11.6 Å². The largest absolute Gasteiger partial charge is 0.368 e. The average Bonchev–Trinajstić information content (AvgIpc) is 2.68. The van der Waals surface area contributed by atoms with Gasteiger partial charge >= 0.3 is 0 Å². The Balaban J connectivity index is 0.000000161. The fourth-order valence-electron chi connectivity index (χ4n) is 2.07. The molecule has 4 aromatic rings. The summed E-state index contributed by atoms with van der Waals surface area (Å²) in [5, 5.41) is 0. The maximum absolute atomic E-state index is 5.43. The van der Waals surface area contributed by atoms with Gasteiger partial charge in [-0.25, -0.2) is 0 Å². The Morgan fingerprint density at radius 3 is 1.14 bits per heavy atom. The molecule has 8 N–H and O–H groups in total. The summed E-state index contributed by atoms with van der Waals surface area (Å²) in [6.07, 6.45) is 6.59. The number of anilines is 4. The van der Waals surface area contributed by atoms with Crippen LogP contribution < -0.4 is 22.9 Å². The van der Waals surface area contributed by atoms with Crippen molar-refractivity contribution in [3.63, 3.8) is 0 Å². The molecular weight excluding hydrogens is 360 g/mol. The predicted octanol–water partition coefficient (Wildman–Crippen LogP) is 0.196. The summed E-state index contributed by atoms with van der Waals surface area (Å²) in [5.74, 6) is 1.30. The van der Waals surface area contributed by atoms with Crippen LogP contribution in [0.1, 0.15) is 0 Å². The van der Waals surface area contributed by atoms with Gasteiger partial charge in [-0.15, -0.1) is 0 Å². The lowest BCUT2D eigenvalue weighted by molar-refractivity contribution is 1.08. The lowest BCUT2D eigenvalue weighted by Gasteiger charge is -2.00. The first-order chi connectivity index (χ1) is 13.5. The van der Waals surface area contributed by atoms with Crippen LogP contribution in [0.5, 0.6) is 0 Å². The Kier molecular flexibility index (Phi) is 5.41. The van der Waals surface area contributed by atoms with Gasteiger partial charge in [-0.2, -0.15) is 29.9 Å². The van der Waals surface area contributed by atoms with E-state index in [1.54, 1.807) is 36.9 Å². The predicted molar refractivity (Wildman–Crippen MR) is 104 cm³/mol. The highest BCUT2D eigenvalue weighted by Gasteiger charge is 2.04. The molecule has 0 spiro atoms. The van der Waals surface area contributed by atoms with Gasteiger partial charge < -0.3 is 22.9 Å². The van der Waals surface area contributed by atoms with Gasteiger partial charge in [-0.05, 0) is 24.3 Å². The molecule has 4 aromatic heterocycles. The van der Waals surface area contributed by atoms with Gasteiger partial charge in [0.1, 0.15) is 0 Å². The molecule has 4 rings (SSSR count). The molecule has 0 radical (unpaired) electrons. The van der Waals surface area contributed by atoms with Crippen LogP contribution in [0.3, 0.4) is 0 Å². The Bertz CT molecular complexity index is 928. The third-order valence-electron chi connectivity index (χ3n) is 3.18. The number of hydrogen-bond acceptors (Lipinski definition) is 12. The van der Waals surface area contributed by atoms with Gasteiger partial charge in [0.05, 0.1) is 0 Å². The zero-order valence-electron chi connectivity index (χ0n) is 14.5. The second kappa shape index (κ2) is 8.27. The summed E-state index contributed by atoms with van der Waals surface area (Å²) in [6, 6.07) is 7.21. The van der Waals surface area contributed by atoms with E-state index in [2.05, 4.69) is 39.9 Å². The lowest BCUT2D eigenvalue weighted by Crippen LogP contribution is -2.04. The van der Waals surface area contributed by atoms with E-state index in [0.717, 1.165) is 11.1 Å². The zero-order valence-corrected chi connectivity index (χ0v) is 14.5. The number of nitrogens with zero attached hydrogens (tertiary/aromatic N) is 8. The molecular formula is C16H16N12. The van der Waals surface area contributed by atoms with Crippen molar-refractivity contribution in [1.29, 1.82) is 0 Å². The first-order valence-corrected chi connectivity index (χ1v) is 7.86. The van der Waals surface area contributed by atoms with Crippen molar-refractivity contribution in [3.05, 3.63) is 49.1 Å². The van der Waals surface area contributed by atoms with Crippen LogP contribution in [-0.2, 0) is 0 Å². The van der Waals surface area contributed by atoms with E-state index < -0.39 is 0 Å². The summed E-state index contributed by atoms with van der Waals surface area (Å²) < 4.78 is 0. The summed E-state index contributed by atoms with van der Waals surface area (Å²) in [6.45, 7) is 0. The van der Waals surface area contributed by atoms with Crippen LogP contribution in [0.25, 0.3) is 22.8 Å². The minimum absolute atomic E-state index is 0.108. The van der Waals surface area contributed by atoms with Crippen molar-refractivity contribution in [2.75, 3.05) is 22.9 Å². The molecule has 12 heteroatoms. The number of aromatic nitrogens is 8. The fraction of sp³-hybridized carbons (Fsp3) is 0. The van der Waals surface area contributed by atoms with Gasteiger partial charge in [0.25, 0.3) is 0 Å². The smallest absolute Gasteiger partial charge is 0.225 e. The maximum atomic E-state index is 5.43. The zero-order chi connectivity index (χ0) is 19.9. The molecule has 0 unspecified atom stereocenters. The third kappa shape index (κ3) is 4.78. The Labute approximate surface area is 159 Å². The normalized spacial score (nSPS) is 10.0. The van der Waals surface area contributed by atoms with Crippen molar-refractivity contribution >= 4 is 23.8 Å². The van der Waals surface area contributed by atoms with E-state index in [1.165, 1.54) is 0 Å². The van der Waals surface area contributed by atoms with Gasteiger partial charge in [0, 0.05) is 35.9 Å². The van der Waals surface area contributed by atoms with Crippen LogP contribution in [-0.4, -0.2) is 39.9 Å². The van der Waals surface area contributed by atoms with E-state index in [-0.39, 0.29) is 23.8 Å². The van der Waals surface area contributed by atoms with E-state index in [9.17, 15) is 0 Å². The second-order valence-electron chi connectivity index (χ2n) is 5.23. The molecule has 0 bridgehead atoms. The first kappa shape index (κ1) is 18.3. The lowest BCUT2D eigenvalue weighted by atomic mass is 10.3. The highest BCUT2D eigenvalue weighted by molar-refractivity contribution is 5.56.